The SMILES string of the molecule is Cn1ccnc1CCNC(=O)c1ccnc(Cl)c1. The molecule has 0 atom stereocenters. The summed E-state index contributed by atoms with van der Waals surface area (Å²) in [6, 6.07) is 3.17. The Morgan fingerprint density at radius 1 is 1.44 bits per heavy atom. The molecule has 6 heteroatoms. The van der Waals surface area contributed by atoms with Crippen LogP contribution in [-0.2, 0) is 13.5 Å². The summed E-state index contributed by atoms with van der Waals surface area (Å²) >= 11 is 5.72. The van der Waals surface area contributed by atoms with Crippen molar-refractivity contribution < 1.29 is 4.79 Å². The molecule has 5 nitrogen and oxygen atoms in total. The van der Waals surface area contributed by atoms with Gasteiger partial charge in [0.15, 0.2) is 0 Å². The van der Waals surface area contributed by atoms with Crippen LogP contribution < -0.4 is 5.32 Å². The van der Waals surface area contributed by atoms with Crippen LogP contribution in [0, 0.1) is 0 Å². The molecular formula is C12H13ClN4O. The zero-order valence-corrected chi connectivity index (χ0v) is 10.7. The lowest BCUT2D eigenvalue weighted by Gasteiger charge is -2.05. The van der Waals surface area contributed by atoms with Gasteiger partial charge in [-0.2, -0.15) is 0 Å². The summed E-state index contributed by atoms with van der Waals surface area (Å²) < 4.78 is 1.93. The Balaban J connectivity index is 1.87. The fraction of sp³-hybridized carbons (Fsp3) is 0.250. The minimum atomic E-state index is -0.159. The van der Waals surface area contributed by atoms with E-state index in [-0.39, 0.29) is 5.91 Å². The quantitative estimate of drug-likeness (QED) is 0.850. The maximum Gasteiger partial charge on any atom is 0.251 e. The number of carbonyl (C=O) groups excluding carboxylic acids is 1. The fourth-order valence-electron chi connectivity index (χ4n) is 1.57. The molecule has 0 fully saturated rings. The number of amides is 1. The van der Waals surface area contributed by atoms with Gasteiger partial charge in [-0.3, -0.25) is 4.79 Å². The third-order valence-electron chi connectivity index (χ3n) is 2.54. The van der Waals surface area contributed by atoms with E-state index in [1.54, 1.807) is 12.3 Å². The predicted octanol–water partition coefficient (Wildman–Crippen LogP) is 1.44. The Morgan fingerprint density at radius 3 is 2.94 bits per heavy atom. The van der Waals surface area contributed by atoms with Crippen LogP contribution in [0.2, 0.25) is 5.15 Å². The number of aromatic nitrogens is 3. The summed E-state index contributed by atoms with van der Waals surface area (Å²) in [6.07, 6.45) is 5.81. The highest BCUT2D eigenvalue weighted by atomic mass is 35.5. The molecule has 0 aliphatic heterocycles. The van der Waals surface area contributed by atoms with Gasteiger partial charge in [0.05, 0.1) is 0 Å². The van der Waals surface area contributed by atoms with Crippen LogP contribution in [0.5, 0.6) is 0 Å². The summed E-state index contributed by atoms with van der Waals surface area (Å²) in [6.45, 7) is 0.531. The molecule has 0 spiro atoms. The van der Waals surface area contributed by atoms with Crippen LogP contribution >= 0.6 is 11.6 Å². The van der Waals surface area contributed by atoms with Crippen LogP contribution in [0.1, 0.15) is 16.2 Å². The van der Waals surface area contributed by atoms with Gasteiger partial charge in [-0.15, -0.1) is 0 Å². The van der Waals surface area contributed by atoms with Crippen LogP contribution in [0.25, 0.3) is 0 Å². The number of imidazole rings is 1. The molecule has 0 saturated heterocycles. The van der Waals surface area contributed by atoms with Gasteiger partial charge >= 0.3 is 0 Å². The van der Waals surface area contributed by atoms with Crippen LogP contribution in [0.4, 0.5) is 0 Å². The summed E-state index contributed by atoms with van der Waals surface area (Å²) in [5.41, 5.74) is 0.509. The maximum absolute atomic E-state index is 11.8. The van der Waals surface area contributed by atoms with Gasteiger partial charge in [-0.05, 0) is 12.1 Å². The minimum absolute atomic E-state index is 0.159. The van der Waals surface area contributed by atoms with Gasteiger partial charge in [-0.1, -0.05) is 11.6 Å². The highest BCUT2D eigenvalue weighted by Crippen LogP contribution is 2.06. The molecule has 0 saturated carbocycles. The first-order valence-corrected chi connectivity index (χ1v) is 5.90. The fourth-order valence-corrected chi connectivity index (χ4v) is 1.74. The molecule has 2 aromatic rings. The van der Waals surface area contributed by atoms with E-state index < -0.39 is 0 Å². The van der Waals surface area contributed by atoms with Crippen molar-refractivity contribution in [3.05, 3.63) is 47.3 Å². The zero-order valence-electron chi connectivity index (χ0n) is 9.93. The third kappa shape index (κ3) is 3.07. The molecule has 2 heterocycles. The number of nitrogens with zero attached hydrogens (tertiary/aromatic N) is 3. The highest BCUT2D eigenvalue weighted by Gasteiger charge is 2.06. The number of hydrogen-bond donors (Lipinski definition) is 1. The van der Waals surface area contributed by atoms with Crippen molar-refractivity contribution >= 4 is 17.5 Å². The van der Waals surface area contributed by atoms with Crippen LogP contribution in [0.15, 0.2) is 30.7 Å². The van der Waals surface area contributed by atoms with E-state index in [0.29, 0.717) is 23.7 Å². The number of rotatable bonds is 4. The lowest BCUT2D eigenvalue weighted by Crippen LogP contribution is -2.26. The number of carbonyl (C=O) groups is 1. The summed E-state index contributed by atoms with van der Waals surface area (Å²) in [5.74, 6) is 0.775. The van der Waals surface area contributed by atoms with Gasteiger partial charge in [0.2, 0.25) is 0 Å². The van der Waals surface area contributed by atoms with E-state index in [2.05, 4.69) is 15.3 Å². The first-order chi connectivity index (χ1) is 8.66. The van der Waals surface area contributed by atoms with Crippen molar-refractivity contribution in [1.29, 1.82) is 0 Å². The van der Waals surface area contributed by atoms with E-state index in [1.165, 1.54) is 12.3 Å². The third-order valence-corrected chi connectivity index (χ3v) is 2.75. The molecule has 94 valence electrons. The van der Waals surface area contributed by atoms with E-state index in [0.717, 1.165) is 5.82 Å². The van der Waals surface area contributed by atoms with E-state index in [4.69, 9.17) is 11.6 Å². The Hall–Kier alpha value is -1.88. The standard InChI is InChI=1S/C12H13ClN4O/c1-17-7-6-15-11(17)3-5-16-12(18)9-2-4-14-10(13)8-9/h2,4,6-8H,3,5H2,1H3,(H,16,18). The molecule has 2 rings (SSSR count). The molecule has 0 aliphatic carbocycles. The Kier molecular flexibility index (Phi) is 3.94. The second-order valence-corrected chi connectivity index (χ2v) is 4.21. The van der Waals surface area contributed by atoms with Crippen molar-refractivity contribution in [1.82, 2.24) is 19.9 Å². The molecule has 1 amide bonds. The molecular weight excluding hydrogens is 252 g/mol. The van der Waals surface area contributed by atoms with Gasteiger partial charge in [0.25, 0.3) is 5.91 Å². The van der Waals surface area contributed by atoms with E-state index in [9.17, 15) is 4.79 Å². The smallest absolute Gasteiger partial charge is 0.251 e. The molecule has 2 aromatic heterocycles. The van der Waals surface area contributed by atoms with E-state index >= 15 is 0 Å². The van der Waals surface area contributed by atoms with Crippen molar-refractivity contribution in [2.24, 2.45) is 7.05 Å². The number of halogens is 1. The molecule has 1 N–H and O–H groups in total. The second kappa shape index (κ2) is 5.64. The van der Waals surface area contributed by atoms with Crippen molar-refractivity contribution in [3.63, 3.8) is 0 Å². The number of nitrogens with one attached hydrogen (secondary N) is 1. The number of aryl methyl sites for hydroxylation is 1. The number of hydrogen-bond acceptors (Lipinski definition) is 3. The lowest BCUT2D eigenvalue weighted by molar-refractivity contribution is 0.0954. The van der Waals surface area contributed by atoms with Crippen LogP contribution in [0.3, 0.4) is 0 Å². The van der Waals surface area contributed by atoms with Crippen molar-refractivity contribution in [3.8, 4) is 0 Å². The van der Waals surface area contributed by atoms with Gasteiger partial charge in [-0.25, -0.2) is 9.97 Å². The van der Waals surface area contributed by atoms with E-state index in [1.807, 2.05) is 17.8 Å². The molecule has 0 unspecified atom stereocenters. The normalized spacial score (nSPS) is 10.3. The first-order valence-electron chi connectivity index (χ1n) is 5.53. The van der Waals surface area contributed by atoms with Crippen LogP contribution in [-0.4, -0.2) is 27.0 Å². The average Bonchev–Trinajstić information content (AvgIpc) is 2.75. The summed E-state index contributed by atoms with van der Waals surface area (Å²) in [5, 5.41) is 3.12. The average molecular weight is 265 g/mol. The second-order valence-electron chi connectivity index (χ2n) is 3.83. The largest absolute Gasteiger partial charge is 0.352 e. The molecule has 0 aromatic carbocycles. The monoisotopic (exact) mass is 264 g/mol. The zero-order chi connectivity index (χ0) is 13.0. The lowest BCUT2D eigenvalue weighted by atomic mass is 10.2. The summed E-state index contributed by atoms with van der Waals surface area (Å²) in [7, 11) is 1.92. The molecule has 0 aliphatic rings. The Labute approximate surface area is 110 Å². The van der Waals surface area contributed by atoms with Gasteiger partial charge < -0.3 is 9.88 Å². The topological polar surface area (TPSA) is 59.8 Å². The van der Waals surface area contributed by atoms with Gasteiger partial charge in [0, 0.05) is 44.2 Å². The molecule has 18 heavy (non-hydrogen) atoms. The summed E-state index contributed by atoms with van der Waals surface area (Å²) in [4.78, 5) is 19.8. The first kappa shape index (κ1) is 12.6. The predicted molar refractivity (Wildman–Crippen MR) is 68.5 cm³/mol. The Bertz CT molecular complexity index is 553. The molecule has 0 radical (unpaired) electrons. The van der Waals surface area contributed by atoms with Crippen molar-refractivity contribution in [2.45, 2.75) is 6.42 Å². The minimum Gasteiger partial charge on any atom is -0.352 e. The Morgan fingerprint density at radius 2 is 2.28 bits per heavy atom. The highest BCUT2D eigenvalue weighted by molar-refractivity contribution is 6.29. The van der Waals surface area contributed by atoms with Crippen molar-refractivity contribution in [2.75, 3.05) is 6.54 Å². The van der Waals surface area contributed by atoms with Gasteiger partial charge in [0.1, 0.15) is 11.0 Å². The number of pyridine rings is 1. The maximum atomic E-state index is 11.8. The molecule has 0 bridgehead atoms.